The van der Waals surface area contributed by atoms with E-state index in [0.29, 0.717) is 6.42 Å². The summed E-state index contributed by atoms with van der Waals surface area (Å²) >= 11 is 0. The van der Waals surface area contributed by atoms with E-state index in [2.05, 4.69) is 12.2 Å². The van der Waals surface area contributed by atoms with Gasteiger partial charge in [0.2, 0.25) is 5.91 Å². The number of hydrogen-bond donors (Lipinski definition) is 1. The van der Waals surface area contributed by atoms with Crippen LogP contribution in [0, 0.1) is 6.92 Å². The third-order valence-electron chi connectivity index (χ3n) is 2.45. The molecule has 0 atom stereocenters. The average Bonchev–Trinajstić information content (AvgIpc) is 2.33. The standard InChI is InChI=1S/C15H14NO/c1-12-7-9-14(10-8-12)16-15(17)11-13-5-3-2-4-6-13/h2-10H,1,11H2,(H,16,17). The molecule has 0 bridgehead atoms. The van der Waals surface area contributed by atoms with Crippen LogP contribution < -0.4 is 5.32 Å². The van der Waals surface area contributed by atoms with Crippen LogP contribution in [0.3, 0.4) is 0 Å². The van der Waals surface area contributed by atoms with Crippen molar-refractivity contribution in [1.82, 2.24) is 0 Å². The Labute approximate surface area is 101 Å². The van der Waals surface area contributed by atoms with Crippen molar-refractivity contribution >= 4 is 11.6 Å². The van der Waals surface area contributed by atoms with E-state index >= 15 is 0 Å². The van der Waals surface area contributed by atoms with Crippen LogP contribution >= 0.6 is 0 Å². The van der Waals surface area contributed by atoms with Gasteiger partial charge in [-0.1, -0.05) is 42.5 Å². The molecule has 0 aromatic heterocycles. The van der Waals surface area contributed by atoms with E-state index in [1.807, 2.05) is 54.6 Å². The summed E-state index contributed by atoms with van der Waals surface area (Å²) in [4.78, 5) is 11.7. The van der Waals surface area contributed by atoms with E-state index in [1.54, 1.807) is 0 Å². The molecule has 2 rings (SSSR count). The maximum Gasteiger partial charge on any atom is 0.228 e. The molecule has 2 aromatic rings. The van der Waals surface area contributed by atoms with Gasteiger partial charge >= 0.3 is 0 Å². The van der Waals surface area contributed by atoms with Gasteiger partial charge in [0.1, 0.15) is 0 Å². The molecule has 0 spiro atoms. The summed E-state index contributed by atoms with van der Waals surface area (Å²) < 4.78 is 0. The fourth-order valence-corrected chi connectivity index (χ4v) is 1.57. The zero-order chi connectivity index (χ0) is 12.1. The summed E-state index contributed by atoms with van der Waals surface area (Å²) in [7, 11) is 0. The topological polar surface area (TPSA) is 29.1 Å². The molecule has 0 fully saturated rings. The van der Waals surface area contributed by atoms with E-state index in [4.69, 9.17) is 0 Å². The third kappa shape index (κ3) is 3.45. The summed E-state index contributed by atoms with van der Waals surface area (Å²) in [6.07, 6.45) is 0.396. The molecule has 0 unspecified atom stereocenters. The zero-order valence-corrected chi connectivity index (χ0v) is 9.52. The van der Waals surface area contributed by atoms with Crippen molar-refractivity contribution in [2.24, 2.45) is 0 Å². The van der Waals surface area contributed by atoms with E-state index in [1.165, 1.54) is 0 Å². The van der Waals surface area contributed by atoms with Crippen LogP contribution in [-0.2, 0) is 11.2 Å². The summed E-state index contributed by atoms with van der Waals surface area (Å²) in [5, 5.41) is 2.85. The highest BCUT2D eigenvalue weighted by Crippen LogP contribution is 2.09. The Balaban J connectivity index is 1.96. The van der Waals surface area contributed by atoms with Gasteiger partial charge in [-0.15, -0.1) is 0 Å². The van der Waals surface area contributed by atoms with Crippen LogP contribution in [0.15, 0.2) is 54.6 Å². The first-order valence-electron chi connectivity index (χ1n) is 5.50. The lowest BCUT2D eigenvalue weighted by Crippen LogP contribution is -2.14. The second-order valence-electron chi connectivity index (χ2n) is 3.91. The largest absolute Gasteiger partial charge is 0.326 e. The first-order valence-corrected chi connectivity index (χ1v) is 5.50. The average molecular weight is 224 g/mol. The van der Waals surface area contributed by atoms with Gasteiger partial charge in [-0.3, -0.25) is 4.79 Å². The van der Waals surface area contributed by atoms with Crippen molar-refractivity contribution in [2.45, 2.75) is 6.42 Å². The van der Waals surface area contributed by atoms with Crippen molar-refractivity contribution in [2.75, 3.05) is 5.32 Å². The van der Waals surface area contributed by atoms with Crippen molar-refractivity contribution < 1.29 is 4.79 Å². The molecule has 17 heavy (non-hydrogen) atoms. The molecule has 2 nitrogen and oxygen atoms in total. The van der Waals surface area contributed by atoms with Crippen LogP contribution in [0.4, 0.5) is 5.69 Å². The molecule has 1 amide bonds. The number of amides is 1. The highest BCUT2D eigenvalue weighted by molar-refractivity contribution is 5.92. The van der Waals surface area contributed by atoms with Crippen LogP contribution in [0.25, 0.3) is 0 Å². The van der Waals surface area contributed by atoms with Gasteiger partial charge in [-0.25, -0.2) is 0 Å². The van der Waals surface area contributed by atoms with Gasteiger partial charge in [0.25, 0.3) is 0 Å². The van der Waals surface area contributed by atoms with Gasteiger partial charge in [-0.2, -0.15) is 0 Å². The molecule has 0 saturated heterocycles. The molecule has 2 heteroatoms. The van der Waals surface area contributed by atoms with Gasteiger partial charge < -0.3 is 5.32 Å². The molecule has 0 aliphatic carbocycles. The Hall–Kier alpha value is -2.09. The fourth-order valence-electron chi connectivity index (χ4n) is 1.57. The van der Waals surface area contributed by atoms with Gasteiger partial charge in [-0.05, 0) is 30.2 Å². The number of rotatable bonds is 3. The van der Waals surface area contributed by atoms with E-state index < -0.39 is 0 Å². The minimum atomic E-state index is -0.00647. The molecule has 0 aliphatic rings. The Morgan fingerprint density at radius 2 is 1.65 bits per heavy atom. The number of nitrogens with one attached hydrogen (secondary N) is 1. The van der Waals surface area contributed by atoms with Gasteiger partial charge in [0.05, 0.1) is 6.42 Å². The quantitative estimate of drug-likeness (QED) is 0.853. The second-order valence-corrected chi connectivity index (χ2v) is 3.91. The molecule has 1 N–H and O–H groups in total. The number of hydrogen-bond acceptors (Lipinski definition) is 1. The minimum Gasteiger partial charge on any atom is -0.326 e. The Bertz CT molecular complexity index is 488. The number of carbonyl (C=O) groups is 1. The molecule has 85 valence electrons. The maximum absolute atomic E-state index is 11.7. The molecular weight excluding hydrogens is 210 g/mol. The van der Waals surface area contributed by atoms with Crippen LogP contribution in [0.5, 0.6) is 0 Å². The van der Waals surface area contributed by atoms with Crippen LogP contribution in [0.2, 0.25) is 0 Å². The fraction of sp³-hybridized carbons (Fsp3) is 0.0667. The normalized spacial score (nSPS) is 9.94. The highest BCUT2D eigenvalue weighted by Gasteiger charge is 2.03. The van der Waals surface area contributed by atoms with Crippen molar-refractivity contribution in [1.29, 1.82) is 0 Å². The highest BCUT2D eigenvalue weighted by atomic mass is 16.1. The van der Waals surface area contributed by atoms with E-state index in [-0.39, 0.29) is 5.91 Å². The Morgan fingerprint density at radius 1 is 1.00 bits per heavy atom. The molecule has 0 saturated carbocycles. The first-order chi connectivity index (χ1) is 8.24. The SMILES string of the molecule is [CH2]c1ccc(NC(=O)Cc2ccccc2)cc1. The van der Waals surface area contributed by atoms with Crippen LogP contribution in [-0.4, -0.2) is 5.91 Å². The number of carbonyl (C=O) groups excluding carboxylic acids is 1. The molecule has 2 aromatic carbocycles. The predicted molar refractivity (Wildman–Crippen MR) is 69.7 cm³/mol. The molecular formula is C15H14NO. The Morgan fingerprint density at radius 3 is 2.29 bits per heavy atom. The van der Waals surface area contributed by atoms with Crippen molar-refractivity contribution in [3.8, 4) is 0 Å². The molecule has 1 radical (unpaired) electrons. The zero-order valence-electron chi connectivity index (χ0n) is 9.52. The number of benzene rings is 2. The third-order valence-corrected chi connectivity index (χ3v) is 2.45. The minimum absolute atomic E-state index is 0.00647. The number of anilines is 1. The summed E-state index contributed by atoms with van der Waals surface area (Å²) in [6, 6.07) is 17.1. The summed E-state index contributed by atoms with van der Waals surface area (Å²) in [6.45, 7) is 3.80. The van der Waals surface area contributed by atoms with Crippen molar-refractivity contribution in [3.05, 3.63) is 72.6 Å². The smallest absolute Gasteiger partial charge is 0.228 e. The Kier molecular flexibility index (Phi) is 3.55. The van der Waals surface area contributed by atoms with Gasteiger partial charge in [0, 0.05) is 5.69 Å². The second kappa shape index (κ2) is 5.30. The monoisotopic (exact) mass is 224 g/mol. The van der Waals surface area contributed by atoms with E-state index in [0.717, 1.165) is 16.8 Å². The molecule has 0 aliphatic heterocycles. The summed E-state index contributed by atoms with van der Waals surface area (Å²) in [5.74, 6) is -0.00647. The maximum atomic E-state index is 11.7. The van der Waals surface area contributed by atoms with Crippen LogP contribution in [0.1, 0.15) is 11.1 Å². The lowest BCUT2D eigenvalue weighted by molar-refractivity contribution is -0.115. The first kappa shape index (κ1) is 11.4. The predicted octanol–water partition coefficient (Wildman–Crippen LogP) is 3.05. The molecule has 0 heterocycles. The van der Waals surface area contributed by atoms with E-state index in [9.17, 15) is 4.79 Å². The van der Waals surface area contributed by atoms with Crippen molar-refractivity contribution in [3.63, 3.8) is 0 Å². The summed E-state index contributed by atoms with van der Waals surface area (Å²) in [5.41, 5.74) is 2.75. The lowest BCUT2D eigenvalue weighted by atomic mass is 10.1. The lowest BCUT2D eigenvalue weighted by Gasteiger charge is -2.05. The van der Waals surface area contributed by atoms with Gasteiger partial charge in [0.15, 0.2) is 0 Å².